The monoisotopic (exact) mass is 891 g/mol. The smallest absolute Gasteiger partial charge is 0.153 e. The van der Waals surface area contributed by atoms with Crippen LogP contribution in [0, 0.1) is 438 Å². The molecule has 0 rings (SSSR count). The minimum Gasteiger partial charge on any atom is -0.183 e. The average molecular weight is 892 g/mol. The molecule has 0 heterocycles. The van der Waals surface area contributed by atoms with Crippen molar-refractivity contribution in [2.75, 3.05) is 0 Å². The van der Waals surface area contributed by atoms with E-state index in [0.717, 1.165) is 0 Å². The molecule has 0 fully saturated rings. The van der Waals surface area contributed by atoms with Gasteiger partial charge in [-0.2, -0.15) is 5.26 Å². The maximum Gasteiger partial charge on any atom is 0.153 e. The van der Waals surface area contributed by atoms with Crippen LogP contribution in [0.3, 0.4) is 0 Å². The lowest BCUT2D eigenvalue weighted by Crippen LogP contribution is -1.57. The van der Waals surface area contributed by atoms with Gasteiger partial charge in [-0.15, -0.1) is 6.42 Å². The molecule has 0 amide bonds. The molecule has 0 aliphatic heterocycles. The number of nitriles is 1. The Hall–Kier alpha value is -16.4. The van der Waals surface area contributed by atoms with Crippen molar-refractivity contribution in [1.82, 2.24) is 0 Å². The summed E-state index contributed by atoms with van der Waals surface area (Å²) in [5, 5.41) is 8.21. The Morgan fingerprint density at radius 1 is 0.108 bits per heavy atom. The van der Waals surface area contributed by atoms with Gasteiger partial charge in [0.1, 0.15) is 0 Å². The highest BCUT2D eigenvalue weighted by molar-refractivity contribution is 5.53. The Kier molecular flexibility index (Phi) is 44.1. The molecule has 0 spiro atoms. The highest BCUT2D eigenvalue weighted by Gasteiger charge is 1.64. The zero-order chi connectivity index (χ0) is 52.9. The van der Waals surface area contributed by atoms with Crippen LogP contribution >= 0.6 is 0 Å². The van der Waals surface area contributed by atoms with Crippen LogP contribution in [0.15, 0.2) is 0 Å². The van der Waals surface area contributed by atoms with E-state index >= 15 is 0 Å². The fraction of sp³-hybridized carbons (Fsp3) is 0. The second kappa shape index (κ2) is 56.6. The average Bonchev–Trinajstić information content (AvgIpc) is 3.41. The third-order valence-corrected chi connectivity index (χ3v) is 4.44. The minimum atomic E-state index is 1.62. The molecule has 74 heavy (non-hydrogen) atoms. The predicted molar refractivity (Wildman–Crippen MR) is 287 cm³/mol. The Bertz CT molecular complexity index is 4630. The molecular formula is C73HN. The second-order valence-electron chi connectivity index (χ2n) is 9.01. The van der Waals surface area contributed by atoms with Crippen LogP contribution < -0.4 is 0 Å². The fourth-order valence-electron chi connectivity index (χ4n) is 2.19. The van der Waals surface area contributed by atoms with Gasteiger partial charge in [-0.25, -0.2) is 0 Å². The third kappa shape index (κ3) is 55.6. The standard InChI is InChI=1S/C73HN/c1-2-3-4-5-6-7-8-9-10-11-12-13-14-15-16-17-18-19-20-21-22-23-24-25-26-27-28-29-30-31-32-33-34-35-36-37-38-39-40-41-42-43-44-45-46-47-48-49-50-51-52-53-54-55-56-57-58-59-60-61-62-63-64-65-66-67-68-69-70-71-72-73-74/h1H. The van der Waals surface area contributed by atoms with E-state index in [-0.39, 0.29) is 0 Å². The zero-order valence-corrected chi connectivity index (χ0v) is 37.0. The van der Waals surface area contributed by atoms with Crippen molar-refractivity contribution in [1.29, 1.82) is 5.26 Å². The van der Waals surface area contributed by atoms with Crippen molar-refractivity contribution in [3.05, 3.63) is 0 Å². The summed E-state index contributed by atoms with van der Waals surface area (Å²) < 4.78 is 0. The maximum atomic E-state index is 8.21. The van der Waals surface area contributed by atoms with Gasteiger partial charge in [0, 0.05) is 373 Å². The minimum absolute atomic E-state index is 1.62. The molecule has 0 saturated carbocycles. The van der Waals surface area contributed by atoms with Crippen LogP contribution in [0.25, 0.3) is 0 Å². The van der Waals surface area contributed by atoms with Gasteiger partial charge in [0.25, 0.3) is 0 Å². The highest BCUT2D eigenvalue weighted by Crippen LogP contribution is 1.64. The second-order valence-corrected chi connectivity index (χ2v) is 9.01. The molecule has 0 saturated heterocycles. The summed E-state index contributed by atoms with van der Waals surface area (Å²) in [4.78, 5) is 0. The molecule has 1 heteroatoms. The van der Waals surface area contributed by atoms with Gasteiger partial charge in [0.15, 0.2) is 6.07 Å². The van der Waals surface area contributed by atoms with E-state index < -0.39 is 0 Å². The molecule has 0 atom stereocenters. The lowest BCUT2D eigenvalue weighted by Gasteiger charge is -1.58. The summed E-state index contributed by atoms with van der Waals surface area (Å²) in [6.45, 7) is 0. The summed E-state index contributed by atoms with van der Waals surface area (Å²) >= 11 is 0. The molecule has 0 aliphatic carbocycles. The Labute approximate surface area is 435 Å². The van der Waals surface area contributed by atoms with Crippen LogP contribution in [0.5, 0.6) is 0 Å². The number of nitrogens with zero attached hydrogens (tertiary/aromatic N) is 1. The van der Waals surface area contributed by atoms with Gasteiger partial charge in [-0.3, -0.25) is 0 Å². The van der Waals surface area contributed by atoms with Crippen LogP contribution in [0.2, 0.25) is 0 Å². The van der Waals surface area contributed by atoms with Gasteiger partial charge < -0.3 is 0 Å². The summed E-state index contributed by atoms with van der Waals surface area (Å²) in [6.07, 6.45) is 4.95. The summed E-state index contributed by atoms with van der Waals surface area (Å²) in [7, 11) is 0. The first-order valence-electron chi connectivity index (χ1n) is 18.3. The number of hydrogen-bond acceptors (Lipinski definition) is 1. The molecule has 0 aromatic rings. The number of terminal acetylenes is 1. The van der Waals surface area contributed by atoms with E-state index in [2.05, 4.69) is 420 Å². The lowest BCUT2D eigenvalue weighted by molar-refractivity contribution is 1.55. The molecule has 0 radical (unpaired) electrons. The van der Waals surface area contributed by atoms with Crippen molar-refractivity contribution >= 4 is 0 Å². The number of rotatable bonds is 0. The van der Waals surface area contributed by atoms with Crippen molar-refractivity contribution in [3.8, 4) is 433 Å². The summed E-state index contributed by atoms with van der Waals surface area (Å²) in [5.41, 5.74) is 0. The predicted octanol–water partition coefficient (Wildman–Crippen LogP) is 0.262. The quantitative estimate of drug-likeness (QED) is 0.321. The topological polar surface area (TPSA) is 23.8 Å². The molecule has 0 N–H and O–H groups in total. The van der Waals surface area contributed by atoms with Crippen LogP contribution in [-0.2, 0) is 0 Å². The van der Waals surface area contributed by atoms with E-state index in [0.29, 0.717) is 0 Å². The molecule has 0 aliphatic rings. The maximum absolute atomic E-state index is 8.21. The van der Waals surface area contributed by atoms with Gasteiger partial charge >= 0.3 is 0 Å². The first-order valence-corrected chi connectivity index (χ1v) is 18.3. The van der Waals surface area contributed by atoms with Crippen molar-refractivity contribution in [2.24, 2.45) is 0 Å². The van der Waals surface area contributed by atoms with E-state index in [1.807, 2.05) is 0 Å². The van der Waals surface area contributed by atoms with Gasteiger partial charge in [0.2, 0.25) is 0 Å². The molecule has 0 aromatic heterocycles. The highest BCUT2D eigenvalue weighted by atomic mass is 14.2. The molecule has 0 bridgehead atoms. The Morgan fingerprint density at radius 2 is 0.176 bits per heavy atom. The van der Waals surface area contributed by atoms with Crippen LogP contribution in [0.1, 0.15) is 0 Å². The molecular weight excluding hydrogens is 891 g/mol. The van der Waals surface area contributed by atoms with Gasteiger partial charge in [0.05, 0.1) is 0 Å². The van der Waals surface area contributed by atoms with Gasteiger partial charge in [-0.05, 0) is 47.4 Å². The Morgan fingerprint density at radius 3 is 0.243 bits per heavy atom. The fourth-order valence-corrected chi connectivity index (χ4v) is 2.19. The van der Waals surface area contributed by atoms with Crippen molar-refractivity contribution in [3.63, 3.8) is 0 Å². The number of hydrogen-bond donors (Lipinski definition) is 0. The van der Waals surface area contributed by atoms with Crippen molar-refractivity contribution in [2.45, 2.75) is 0 Å². The first-order chi connectivity index (χ1) is 36.9. The molecule has 1 nitrogen and oxygen atoms in total. The van der Waals surface area contributed by atoms with E-state index in [1.54, 1.807) is 6.07 Å². The van der Waals surface area contributed by atoms with Crippen LogP contribution in [0.4, 0.5) is 0 Å². The van der Waals surface area contributed by atoms with E-state index in [1.165, 1.54) is 0 Å². The molecule has 0 aromatic carbocycles. The SMILES string of the molecule is C#CC#CC#CC#CC#CC#CC#CC#CC#CC#CC#CC#CC#CC#CC#CC#CC#CC#CC#CC#CC#CC#CC#CC#CC#CC#CC#CC#CC#CC#CC#CC#CC#CC#CC#CC#CC#N. The summed E-state index contributed by atoms with van der Waals surface area (Å²) in [6, 6.07) is 1.62. The lowest BCUT2D eigenvalue weighted by atomic mass is 10.4. The third-order valence-electron chi connectivity index (χ3n) is 4.44. The normalized spacial score (nSPS) is 3.92. The van der Waals surface area contributed by atoms with E-state index in [9.17, 15) is 0 Å². The van der Waals surface area contributed by atoms with Gasteiger partial charge in [-0.1, -0.05) is 0 Å². The molecule has 0 unspecified atom stereocenters. The van der Waals surface area contributed by atoms with Crippen molar-refractivity contribution < 1.29 is 0 Å². The summed E-state index contributed by atoms with van der Waals surface area (Å²) in [5.74, 6) is 175. The molecule has 298 valence electrons. The first kappa shape index (κ1) is 57.6. The van der Waals surface area contributed by atoms with E-state index in [4.69, 9.17) is 11.7 Å². The van der Waals surface area contributed by atoms with Crippen LogP contribution in [-0.4, -0.2) is 0 Å². The Balaban J connectivity index is 4.61. The zero-order valence-electron chi connectivity index (χ0n) is 37.0. The largest absolute Gasteiger partial charge is 0.183 e.